The highest BCUT2D eigenvalue weighted by molar-refractivity contribution is 7.80. The number of anilines is 1. The Morgan fingerprint density at radius 2 is 1.82 bits per heavy atom. The van der Waals surface area contributed by atoms with E-state index in [1.807, 2.05) is 0 Å². The third-order valence-corrected chi connectivity index (χ3v) is 6.42. The smallest absolute Gasteiger partial charge is 0.314 e. The van der Waals surface area contributed by atoms with E-state index in [4.69, 9.17) is 16.6 Å². The number of alkyl halides is 2. The molecule has 3 aromatic rings. The fourth-order valence-electron chi connectivity index (χ4n) is 4.07. The van der Waals surface area contributed by atoms with Crippen LogP contribution >= 0.6 is 12.2 Å². The summed E-state index contributed by atoms with van der Waals surface area (Å²) in [7, 11) is 0. The van der Waals surface area contributed by atoms with Crippen LogP contribution in [-0.4, -0.2) is 46.4 Å². The van der Waals surface area contributed by atoms with Crippen molar-refractivity contribution < 1.29 is 22.0 Å². The number of hydrogen-bond donors (Lipinski definition) is 1. The number of hydrogen-bond acceptors (Lipinski definition) is 5. The zero-order valence-corrected chi connectivity index (χ0v) is 18.1. The Balaban J connectivity index is 1.37. The Bertz CT molecular complexity index is 1170. The Morgan fingerprint density at radius 1 is 1.09 bits per heavy atom. The van der Waals surface area contributed by atoms with E-state index in [1.165, 1.54) is 6.07 Å². The monoisotopic (exact) mass is 477 g/mol. The summed E-state index contributed by atoms with van der Waals surface area (Å²) in [6, 6.07) is 10.6. The minimum absolute atomic E-state index is 0.00943. The summed E-state index contributed by atoms with van der Waals surface area (Å²) in [6.45, 7) is 3.81. The van der Waals surface area contributed by atoms with Crippen LogP contribution in [0.1, 0.15) is 17.9 Å². The van der Waals surface area contributed by atoms with Gasteiger partial charge in [-0.05, 0) is 42.0 Å². The zero-order chi connectivity index (χ0) is 23.2. The van der Waals surface area contributed by atoms with Gasteiger partial charge in [-0.1, -0.05) is 12.1 Å². The SMILES string of the molecule is Fc1ccc(N(Cc2ccc(-c3nnc(C(F)F)o3)cc2)C(=S)N2CC3(CNC3)C2)cc1F. The van der Waals surface area contributed by atoms with E-state index in [2.05, 4.69) is 20.4 Å². The predicted molar refractivity (Wildman–Crippen MR) is 117 cm³/mol. The Kier molecular flexibility index (Phi) is 5.53. The second-order valence-corrected chi connectivity index (χ2v) is 8.73. The van der Waals surface area contributed by atoms with Crippen molar-refractivity contribution in [3.63, 3.8) is 0 Å². The van der Waals surface area contributed by atoms with Crippen LogP contribution in [0.2, 0.25) is 0 Å². The van der Waals surface area contributed by atoms with E-state index >= 15 is 0 Å². The molecular formula is C22H19F4N5OS. The molecule has 1 spiro atoms. The van der Waals surface area contributed by atoms with Crippen LogP contribution in [0.15, 0.2) is 46.9 Å². The molecule has 1 N–H and O–H groups in total. The van der Waals surface area contributed by atoms with E-state index in [1.54, 1.807) is 29.2 Å². The van der Waals surface area contributed by atoms with Crippen molar-refractivity contribution in [1.29, 1.82) is 0 Å². The summed E-state index contributed by atoms with van der Waals surface area (Å²) in [5.41, 5.74) is 1.99. The number of likely N-dealkylation sites (tertiary alicyclic amines) is 1. The maximum absolute atomic E-state index is 14.0. The lowest BCUT2D eigenvalue weighted by molar-refractivity contribution is 0.00757. The minimum Gasteiger partial charge on any atom is -0.415 e. The lowest BCUT2D eigenvalue weighted by Crippen LogP contribution is -2.73. The van der Waals surface area contributed by atoms with Crippen LogP contribution in [0.4, 0.5) is 23.2 Å². The van der Waals surface area contributed by atoms with Crippen molar-refractivity contribution in [2.75, 3.05) is 31.1 Å². The van der Waals surface area contributed by atoms with Crippen molar-refractivity contribution in [2.24, 2.45) is 5.41 Å². The minimum atomic E-state index is -2.84. The fourth-order valence-corrected chi connectivity index (χ4v) is 4.37. The third-order valence-electron chi connectivity index (χ3n) is 5.94. The first-order valence-electron chi connectivity index (χ1n) is 10.3. The summed E-state index contributed by atoms with van der Waals surface area (Å²) in [5, 5.41) is 10.8. The van der Waals surface area contributed by atoms with Gasteiger partial charge in [0.1, 0.15) is 0 Å². The van der Waals surface area contributed by atoms with Gasteiger partial charge in [0, 0.05) is 48.9 Å². The number of nitrogens with zero attached hydrogens (tertiary/aromatic N) is 4. The van der Waals surface area contributed by atoms with Gasteiger partial charge in [0.15, 0.2) is 16.7 Å². The molecule has 0 unspecified atom stereocenters. The largest absolute Gasteiger partial charge is 0.415 e. The molecule has 5 rings (SSSR count). The first-order chi connectivity index (χ1) is 15.8. The first kappa shape index (κ1) is 21.8. The Morgan fingerprint density at radius 3 is 2.39 bits per heavy atom. The second kappa shape index (κ2) is 8.38. The number of halogens is 4. The average Bonchev–Trinajstić information content (AvgIpc) is 3.23. The maximum atomic E-state index is 14.0. The number of benzene rings is 2. The summed E-state index contributed by atoms with van der Waals surface area (Å²) in [4.78, 5) is 3.81. The molecule has 172 valence electrons. The van der Waals surface area contributed by atoms with Crippen molar-refractivity contribution in [1.82, 2.24) is 20.4 Å². The van der Waals surface area contributed by atoms with Gasteiger partial charge in [-0.25, -0.2) is 8.78 Å². The van der Waals surface area contributed by atoms with E-state index in [0.717, 1.165) is 43.9 Å². The fraction of sp³-hybridized carbons (Fsp3) is 0.318. The number of rotatable bonds is 5. The van der Waals surface area contributed by atoms with Crippen LogP contribution in [0.5, 0.6) is 0 Å². The standard InChI is InChI=1S/C22H19F4N5OS/c23-16-6-5-15(7-17(16)24)31(21(33)30-11-22(12-30)9-27-10-22)8-13-1-3-14(4-2-13)19-28-29-20(32-19)18(25)26/h1-7,18,27H,8-12H2. The second-order valence-electron chi connectivity index (χ2n) is 8.37. The van der Waals surface area contributed by atoms with E-state index in [0.29, 0.717) is 22.9 Å². The number of aromatic nitrogens is 2. The first-order valence-corrected chi connectivity index (χ1v) is 10.7. The van der Waals surface area contributed by atoms with Gasteiger partial charge in [-0.15, -0.1) is 10.2 Å². The van der Waals surface area contributed by atoms with Gasteiger partial charge in [-0.2, -0.15) is 8.78 Å². The molecule has 2 aromatic carbocycles. The zero-order valence-electron chi connectivity index (χ0n) is 17.3. The van der Waals surface area contributed by atoms with Crippen molar-refractivity contribution >= 4 is 23.0 Å². The molecule has 2 saturated heterocycles. The summed E-state index contributed by atoms with van der Waals surface area (Å²) >= 11 is 5.72. The highest BCUT2D eigenvalue weighted by Crippen LogP contribution is 2.36. The van der Waals surface area contributed by atoms with Crippen LogP contribution in [0.3, 0.4) is 0 Å². The molecule has 1 aromatic heterocycles. The molecule has 2 fully saturated rings. The number of nitrogens with one attached hydrogen (secondary N) is 1. The molecule has 0 atom stereocenters. The summed E-state index contributed by atoms with van der Waals surface area (Å²) in [6.07, 6.45) is -2.84. The van der Waals surface area contributed by atoms with Gasteiger partial charge in [0.05, 0.1) is 6.54 Å². The quantitative estimate of drug-likeness (QED) is 0.438. The molecule has 3 heterocycles. The molecule has 0 bridgehead atoms. The summed E-state index contributed by atoms with van der Waals surface area (Å²) < 4.78 is 57.9. The normalized spacial score (nSPS) is 16.6. The molecule has 0 saturated carbocycles. The highest BCUT2D eigenvalue weighted by atomic mass is 32.1. The van der Waals surface area contributed by atoms with Crippen molar-refractivity contribution in [2.45, 2.75) is 13.0 Å². The maximum Gasteiger partial charge on any atom is 0.314 e. The molecule has 6 nitrogen and oxygen atoms in total. The Hall–Kier alpha value is -3.05. The van der Waals surface area contributed by atoms with Gasteiger partial charge < -0.3 is 19.5 Å². The van der Waals surface area contributed by atoms with E-state index in [-0.39, 0.29) is 11.3 Å². The van der Waals surface area contributed by atoms with Crippen LogP contribution in [-0.2, 0) is 6.54 Å². The molecule has 0 amide bonds. The topological polar surface area (TPSA) is 57.4 Å². The van der Waals surface area contributed by atoms with Crippen LogP contribution in [0.25, 0.3) is 11.5 Å². The average molecular weight is 477 g/mol. The van der Waals surface area contributed by atoms with Crippen LogP contribution in [0, 0.1) is 17.0 Å². The van der Waals surface area contributed by atoms with Crippen molar-refractivity contribution in [3.8, 4) is 11.5 Å². The molecule has 11 heteroatoms. The highest BCUT2D eigenvalue weighted by Gasteiger charge is 2.49. The molecule has 0 aliphatic carbocycles. The third kappa shape index (κ3) is 4.18. The Labute approximate surface area is 192 Å². The molecular weight excluding hydrogens is 458 g/mol. The van der Waals surface area contributed by atoms with Crippen LogP contribution < -0.4 is 10.2 Å². The molecule has 33 heavy (non-hydrogen) atoms. The van der Waals surface area contributed by atoms with Gasteiger partial charge in [0.2, 0.25) is 5.89 Å². The van der Waals surface area contributed by atoms with Gasteiger partial charge >= 0.3 is 6.43 Å². The molecule has 0 radical (unpaired) electrons. The summed E-state index contributed by atoms with van der Waals surface area (Å²) in [5.74, 6) is -2.63. The van der Waals surface area contributed by atoms with Gasteiger partial charge in [-0.3, -0.25) is 0 Å². The lowest BCUT2D eigenvalue weighted by atomic mass is 9.75. The van der Waals surface area contributed by atoms with E-state index < -0.39 is 24.0 Å². The lowest BCUT2D eigenvalue weighted by Gasteiger charge is -2.57. The molecule has 2 aliphatic heterocycles. The molecule has 2 aliphatic rings. The predicted octanol–water partition coefficient (Wildman–Crippen LogP) is 4.15. The van der Waals surface area contributed by atoms with Crippen molar-refractivity contribution in [3.05, 3.63) is 65.6 Å². The van der Waals surface area contributed by atoms with Gasteiger partial charge in [0.25, 0.3) is 5.89 Å². The van der Waals surface area contributed by atoms with E-state index in [9.17, 15) is 17.6 Å². The number of thiocarbonyl (C=S) groups is 1.